The van der Waals surface area contributed by atoms with Crippen molar-refractivity contribution >= 4 is 10.9 Å². The Balaban J connectivity index is 1.85. The van der Waals surface area contributed by atoms with Crippen LogP contribution in [0.5, 0.6) is 0 Å². The molecule has 0 fully saturated rings. The Labute approximate surface area is 142 Å². The zero-order valence-electron chi connectivity index (χ0n) is 14.4. The van der Waals surface area contributed by atoms with Gasteiger partial charge in [0.15, 0.2) is 0 Å². The number of hydrogen-bond donors (Lipinski definition) is 1. The van der Waals surface area contributed by atoms with Crippen LogP contribution in [0.4, 0.5) is 0 Å². The van der Waals surface area contributed by atoms with Gasteiger partial charge in [-0.25, -0.2) is 0 Å². The van der Waals surface area contributed by atoms with Crippen LogP contribution in [0.3, 0.4) is 0 Å². The Bertz CT molecular complexity index is 934. The smallest absolute Gasteiger partial charge is 0.258 e. The van der Waals surface area contributed by atoms with Crippen molar-refractivity contribution in [1.82, 2.24) is 9.55 Å². The highest BCUT2D eigenvalue weighted by atomic mass is 16.1. The highest BCUT2D eigenvalue weighted by Gasteiger charge is 2.26. The van der Waals surface area contributed by atoms with Crippen LogP contribution < -0.4 is 5.56 Å². The second-order valence-electron chi connectivity index (χ2n) is 6.98. The minimum absolute atomic E-state index is 0.166. The van der Waals surface area contributed by atoms with E-state index in [0.29, 0.717) is 11.8 Å². The zero-order chi connectivity index (χ0) is 16.7. The Hall–Kier alpha value is -2.29. The summed E-state index contributed by atoms with van der Waals surface area (Å²) in [6, 6.07) is 12.5. The molecule has 3 heterocycles. The molecule has 2 atom stereocenters. The van der Waals surface area contributed by atoms with Crippen molar-refractivity contribution in [3.05, 3.63) is 58.6 Å². The van der Waals surface area contributed by atoms with Gasteiger partial charge in [0.2, 0.25) is 0 Å². The van der Waals surface area contributed by atoms with Crippen LogP contribution in [0.1, 0.15) is 44.7 Å². The minimum Gasteiger partial charge on any atom is -0.361 e. The first-order chi connectivity index (χ1) is 11.7. The van der Waals surface area contributed by atoms with Gasteiger partial charge in [-0.3, -0.25) is 4.79 Å². The molecule has 0 radical (unpaired) electrons. The molecule has 0 bridgehead atoms. The van der Waals surface area contributed by atoms with Gasteiger partial charge < -0.3 is 9.55 Å². The number of H-pyrrole nitrogens is 1. The lowest BCUT2D eigenvalue weighted by atomic mass is 9.84. The van der Waals surface area contributed by atoms with Crippen molar-refractivity contribution in [3.63, 3.8) is 0 Å². The second kappa shape index (κ2) is 5.97. The molecule has 124 valence electrons. The summed E-state index contributed by atoms with van der Waals surface area (Å²) in [4.78, 5) is 16.4. The number of benzene rings is 1. The normalized spacial score (nSPS) is 20.2. The highest BCUT2D eigenvalue weighted by molar-refractivity contribution is 5.84. The molecule has 4 rings (SSSR count). The average Bonchev–Trinajstić information content (AvgIpc) is 3.09. The SMILES string of the molecule is CCC1CC(CC)c2ccc(-c3ccc4[nH]ccc4c3)c(=O)n2C1. The molecule has 0 spiro atoms. The third-order valence-electron chi connectivity index (χ3n) is 5.62. The molecule has 1 aliphatic heterocycles. The summed E-state index contributed by atoms with van der Waals surface area (Å²) in [5, 5.41) is 1.15. The molecule has 3 heteroatoms. The predicted molar refractivity (Wildman–Crippen MR) is 99.4 cm³/mol. The van der Waals surface area contributed by atoms with E-state index in [4.69, 9.17) is 0 Å². The van der Waals surface area contributed by atoms with Crippen molar-refractivity contribution in [2.24, 2.45) is 5.92 Å². The zero-order valence-corrected chi connectivity index (χ0v) is 14.4. The lowest BCUT2D eigenvalue weighted by molar-refractivity contribution is 0.306. The lowest BCUT2D eigenvalue weighted by Gasteiger charge is -2.32. The predicted octanol–water partition coefficient (Wildman–Crippen LogP) is 4.92. The number of nitrogens with zero attached hydrogens (tertiary/aromatic N) is 1. The molecule has 2 unspecified atom stereocenters. The van der Waals surface area contributed by atoms with E-state index in [0.717, 1.165) is 41.4 Å². The first kappa shape index (κ1) is 15.3. The molecule has 0 saturated carbocycles. The second-order valence-corrected chi connectivity index (χ2v) is 6.98. The van der Waals surface area contributed by atoms with E-state index in [1.54, 1.807) is 0 Å². The van der Waals surface area contributed by atoms with Crippen LogP contribution in [0.2, 0.25) is 0 Å². The number of aromatic nitrogens is 2. The summed E-state index contributed by atoms with van der Waals surface area (Å²) in [6.45, 7) is 5.32. The fourth-order valence-corrected chi connectivity index (χ4v) is 4.11. The Morgan fingerprint density at radius 2 is 2.00 bits per heavy atom. The van der Waals surface area contributed by atoms with E-state index in [2.05, 4.69) is 43.1 Å². The fraction of sp³-hybridized carbons (Fsp3) is 0.381. The van der Waals surface area contributed by atoms with Gasteiger partial charge in [-0.2, -0.15) is 0 Å². The van der Waals surface area contributed by atoms with E-state index >= 15 is 0 Å². The summed E-state index contributed by atoms with van der Waals surface area (Å²) in [5.74, 6) is 1.13. The first-order valence-corrected chi connectivity index (χ1v) is 9.02. The summed E-state index contributed by atoms with van der Waals surface area (Å²) in [7, 11) is 0. The van der Waals surface area contributed by atoms with Crippen molar-refractivity contribution in [1.29, 1.82) is 0 Å². The maximum atomic E-state index is 13.2. The molecule has 3 aromatic rings. The lowest BCUT2D eigenvalue weighted by Crippen LogP contribution is -2.33. The maximum absolute atomic E-state index is 13.2. The Morgan fingerprint density at radius 1 is 1.12 bits per heavy atom. The van der Waals surface area contributed by atoms with Crippen molar-refractivity contribution < 1.29 is 0 Å². The van der Waals surface area contributed by atoms with Crippen molar-refractivity contribution in [3.8, 4) is 11.1 Å². The minimum atomic E-state index is 0.166. The standard InChI is InChI=1S/C21H24N2O/c1-3-14-11-15(4-2)20-8-6-18(21(24)23(20)13-14)16-5-7-19-17(12-16)9-10-22-19/h5-10,12,14-15,22H,3-4,11,13H2,1-2H3. The highest BCUT2D eigenvalue weighted by Crippen LogP contribution is 2.34. The van der Waals surface area contributed by atoms with Gasteiger partial charge in [0, 0.05) is 29.5 Å². The molecule has 0 saturated heterocycles. The maximum Gasteiger partial charge on any atom is 0.258 e. The van der Waals surface area contributed by atoms with Crippen LogP contribution in [0.15, 0.2) is 47.4 Å². The monoisotopic (exact) mass is 320 g/mol. The Morgan fingerprint density at radius 3 is 2.79 bits per heavy atom. The third-order valence-corrected chi connectivity index (χ3v) is 5.62. The van der Waals surface area contributed by atoms with E-state index in [1.807, 2.05) is 22.9 Å². The topological polar surface area (TPSA) is 37.8 Å². The van der Waals surface area contributed by atoms with E-state index in [9.17, 15) is 4.79 Å². The summed E-state index contributed by atoms with van der Waals surface area (Å²) >= 11 is 0. The number of fused-ring (bicyclic) bond motifs is 2. The van der Waals surface area contributed by atoms with Crippen molar-refractivity contribution in [2.75, 3.05) is 0 Å². The van der Waals surface area contributed by atoms with Gasteiger partial charge in [0.1, 0.15) is 0 Å². The number of rotatable bonds is 3. The van der Waals surface area contributed by atoms with Crippen LogP contribution in [-0.2, 0) is 6.54 Å². The molecule has 1 N–H and O–H groups in total. The van der Waals surface area contributed by atoms with Crippen LogP contribution in [0, 0.1) is 5.92 Å². The largest absolute Gasteiger partial charge is 0.361 e. The van der Waals surface area contributed by atoms with Gasteiger partial charge in [0.25, 0.3) is 5.56 Å². The first-order valence-electron chi connectivity index (χ1n) is 9.02. The summed E-state index contributed by atoms with van der Waals surface area (Å²) < 4.78 is 2.04. The number of hydrogen-bond acceptors (Lipinski definition) is 1. The molecule has 2 aromatic heterocycles. The summed E-state index contributed by atoms with van der Waals surface area (Å²) in [6.07, 6.45) is 5.39. The average molecular weight is 320 g/mol. The molecule has 3 nitrogen and oxygen atoms in total. The van der Waals surface area contributed by atoms with E-state index in [-0.39, 0.29) is 5.56 Å². The van der Waals surface area contributed by atoms with Crippen molar-refractivity contribution in [2.45, 2.75) is 45.6 Å². The molecule has 1 aromatic carbocycles. The van der Waals surface area contributed by atoms with E-state index in [1.165, 1.54) is 12.1 Å². The third kappa shape index (κ3) is 2.39. The quantitative estimate of drug-likeness (QED) is 0.731. The van der Waals surface area contributed by atoms with Gasteiger partial charge >= 0.3 is 0 Å². The molecular formula is C21H24N2O. The fourth-order valence-electron chi connectivity index (χ4n) is 4.11. The van der Waals surface area contributed by atoms with E-state index < -0.39 is 0 Å². The van der Waals surface area contributed by atoms with Gasteiger partial charge in [0.05, 0.1) is 0 Å². The van der Waals surface area contributed by atoms with Gasteiger partial charge in [-0.15, -0.1) is 0 Å². The molecular weight excluding hydrogens is 296 g/mol. The Kier molecular flexibility index (Phi) is 3.79. The van der Waals surface area contributed by atoms with Gasteiger partial charge in [-0.05, 0) is 66.0 Å². The number of nitrogens with one attached hydrogen (secondary N) is 1. The van der Waals surface area contributed by atoms with Gasteiger partial charge in [-0.1, -0.05) is 26.3 Å². The molecule has 0 aliphatic carbocycles. The van der Waals surface area contributed by atoms with Crippen LogP contribution >= 0.6 is 0 Å². The van der Waals surface area contributed by atoms with Crippen LogP contribution in [-0.4, -0.2) is 9.55 Å². The van der Waals surface area contributed by atoms with Crippen LogP contribution in [0.25, 0.3) is 22.0 Å². The summed E-state index contributed by atoms with van der Waals surface area (Å²) in [5.41, 5.74) is 4.31. The number of pyridine rings is 1. The molecule has 0 amide bonds. The number of aromatic amines is 1. The molecule has 1 aliphatic rings. The molecule has 24 heavy (non-hydrogen) atoms.